The molecule has 1 aromatic carbocycles. The second-order valence-corrected chi connectivity index (χ2v) is 4.78. The van der Waals surface area contributed by atoms with Gasteiger partial charge in [0.2, 0.25) is 0 Å². The van der Waals surface area contributed by atoms with E-state index in [0.29, 0.717) is 18.4 Å². The van der Waals surface area contributed by atoms with Crippen LogP contribution in [0.25, 0.3) is 5.57 Å². The molecule has 0 aromatic heterocycles. The molecule has 0 fully saturated rings. The predicted molar refractivity (Wildman–Crippen MR) is 73.9 cm³/mol. The van der Waals surface area contributed by atoms with Crippen LogP contribution in [0.2, 0.25) is 0 Å². The minimum atomic E-state index is -1.86. The van der Waals surface area contributed by atoms with Gasteiger partial charge >= 0.3 is 0 Å². The van der Waals surface area contributed by atoms with Crippen LogP contribution in [0.1, 0.15) is 36.5 Å². The Labute approximate surface area is 108 Å². The number of hydrogen-bond acceptors (Lipinski definition) is 2. The zero-order valence-corrected chi connectivity index (χ0v) is 11.0. The number of aryl methyl sites for hydroxylation is 1. The first-order valence-corrected chi connectivity index (χ1v) is 5.85. The number of halogens is 1. The molecule has 98 valence electrons. The van der Waals surface area contributed by atoms with E-state index in [9.17, 15) is 4.39 Å². The van der Waals surface area contributed by atoms with Crippen molar-refractivity contribution in [1.29, 1.82) is 0 Å². The van der Waals surface area contributed by atoms with Gasteiger partial charge in [-0.25, -0.2) is 4.39 Å². The van der Waals surface area contributed by atoms with Gasteiger partial charge in [-0.15, -0.1) is 0 Å². The van der Waals surface area contributed by atoms with E-state index in [-0.39, 0.29) is 5.76 Å². The third kappa shape index (κ3) is 3.70. The third-order valence-corrected chi connectivity index (χ3v) is 2.89. The second-order valence-electron chi connectivity index (χ2n) is 4.78. The van der Waals surface area contributed by atoms with Gasteiger partial charge in [-0.1, -0.05) is 25.3 Å². The molecule has 1 aromatic rings. The Morgan fingerprint density at radius 2 is 2.00 bits per heavy atom. The van der Waals surface area contributed by atoms with Gasteiger partial charge in [-0.05, 0) is 43.0 Å². The molecule has 0 heterocycles. The summed E-state index contributed by atoms with van der Waals surface area (Å²) in [6.45, 7) is 10.5. The Hall–Kier alpha value is -1.61. The van der Waals surface area contributed by atoms with E-state index in [1.165, 1.54) is 6.92 Å². The number of rotatable bonds is 5. The highest BCUT2D eigenvalue weighted by Crippen LogP contribution is 2.28. The van der Waals surface area contributed by atoms with E-state index in [0.717, 1.165) is 16.7 Å². The lowest BCUT2D eigenvalue weighted by molar-refractivity contribution is 0.202. The molecule has 0 saturated carbocycles. The summed E-state index contributed by atoms with van der Waals surface area (Å²) in [4.78, 5) is 0. The number of aliphatic hydroxyl groups is 1. The predicted octanol–water partition coefficient (Wildman–Crippen LogP) is 3.96. The smallest absolute Gasteiger partial charge is 0.182 e. The first kappa shape index (κ1) is 14.5. The summed E-state index contributed by atoms with van der Waals surface area (Å²) in [5.41, 5.74) is 8.44. The normalized spacial score (nSPS) is 14.0. The van der Waals surface area contributed by atoms with Crippen LogP contribution < -0.4 is 5.73 Å². The molecule has 0 radical (unpaired) electrons. The van der Waals surface area contributed by atoms with E-state index >= 15 is 0 Å². The highest BCUT2D eigenvalue weighted by atomic mass is 19.1. The van der Waals surface area contributed by atoms with E-state index in [1.807, 2.05) is 19.1 Å². The standard InChI is InChI=1S/C15H20FNO/c1-10(5-7-12(3)18)13-8-6-11(2)14(9-13)15(4,16)17/h6,8-9,18H,1,3,5,7,17H2,2,4H3. The molecule has 3 N–H and O–H groups in total. The maximum absolute atomic E-state index is 13.8. The average Bonchev–Trinajstić information content (AvgIpc) is 2.24. The maximum Gasteiger partial charge on any atom is 0.182 e. The lowest BCUT2D eigenvalue weighted by Gasteiger charge is -2.19. The van der Waals surface area contributed by atoms with Crippen molar-refractivity contribution >= 4 is 5.57 Å². The lowest BCUT2D eigenvalue weighted by atomic mass is 9.94. The summed E-state index contributed by atoms with van der Waals surface area (Å²) in [5.74, 6) is -1.74. The fourth-order valence-corrected chi connectivity index (χ4v) is 1.81. The van der Waals surface area contributed by atoms with Crippen LogP contribution in [-0.2, 0) is 5.79 Å². The molecular formula is C15H20FNO. The summed E-state index contributed by atoms with van der Waals surface area (Å²) in [7, 11) is 0. The van der Waals surface area contributed by atoms with Crippen molar-refractivity contribution in [2.75, 3.05) is 0 Å². The van der Waals surface area contributed by atoms with Crippen LogP contribution in [0.5, 0.6) is 0 Å². The number of nitrogens with two attached hydrogens (primary N) is 1. The van der Waals surface area contributed by atoms with Gasteiger partial charge in [0.05, 0.1) is 5.76 Å². The van der Waals surface area contributed by atoms with Gasteiger partial charge in [0.1, 0.15) is 0 Å². The highest BCUT2D eigenvalue weighted by Gasteiger charge is 2.22. The van der Waals surface area contributed by atoms with Crippen molar-refractivity contribution in [2.45, 2.75) is 32.5 Å². The summed E-state index contributed by atoms with van der Waals surface area (Å²) in [5, 5.41) is 9.06. The molecule has 0 aliphatic rings. The highest BCUT2D eigenvalue weighted by molar-refractivity contribution is 5.65. The summed E-state index contributed by atoms with van der Waals surface area (Å²) in [6, 6.07) is 5.43. The molecule has 1 atom stereocenters. The van der Waals surface area contributed by atoms with Crippen molar-refractivity contribution in [3.8, 4) is 0 Å². The molecule has 0 bridgehead atoms. The van der Waals surface area contributed by atoms with Gasteiger partial charge in [0.25, 0.3) is 0 Å². The van der Waals surface area contributed by atoms with Crippen molar-refractivity contribution in [1.82, 2.24) is 0 Å². The van der Waals surface area contributed by atoms with Crippen LogP contribution in [0, 0.1) is 6.92 Å². The second kappa shape index (κ2) is 5.36. The number of aliphatic hydroxyl groups excluding tert-OH is 1. The van der Waals surface area contributed by atoms with Crippen molar-refractivity contribution < 1.29 is 9.50 Å². The van der Waals surface area contributed by atoms with Crippen LogP contribution in [0.15, 0.2) is 37.1 Å². The van der Waals surface area contributed by atoms with E-state index in [1.54, 1.807) is 6.07 Å². The summed E-state index contributed by atoms with van der Waals surface area (Å²) >= 11 is 0. The fraction of sp³-hybridized carbons (Fsp3) is 0.333. The zero-order valence-electron chi connectivity index (χ0n) is 11.0. The van der Waals surface area contributed by atoms with Gasteiger partial charge in [-0.2, -0.15) is 0 Å². The topological polar surface area (TPSA) is 46.2 Å². The first-order chi connectivity index (χ1) is 8.21. The van der Waals surface area contributed by atoms with Gasteiger partial charge in [-0.3, -0.25) is 5.73 Å². The molecule has 0 saturated heterocycles. The molecule has 0 aliphatic carbocycles. The van der Waals surface area contributed by atoms with Crippen molar-refractivity contribution in [3.63, 3.8) is 0 Å². The summed E-state index contributed by atoms with van der Waals surface area (Å²) in [6.07, 6.45) is 1.04. The SMILES string of the molecule is C=C(O)CCC(=C)c1ccc(C)c(C(C)(N)F)c1. The minimum Gasteiger partial charge on any atom is -0.513 e. The molecule has 1 unspecified atom stereocenters. The minimum absolute atomic E-state index is 0.123. The summed E-state index contributed by atoms with van der Waals surface area (Å²) < 4.78 is 13.8. The molecule has 18 heavy (non-hydrogen) atoms. The zero-order chi connectivity index (χ0) is 13.9. The van der Waals surface area contributed by atoms with E-state index in [2.05, 4.69) is 13.2 Å². The Morgan fingerprint density at radius 1 is 1.39 bits per heavy atom. The quantitative estimate of drug-likeness (QED) is 0.613. The van der Waals surface area contributed by atoms with Gasteiger partial charge in [0, 0.05) is 12.0 Å². The molecule has 3 heteroatoms. The maximum atomic E-state index is 13.8. The molecule has 0 spiro atoms. The lowest BCUT2D eigenvalue weighted by Crippen LogP contribution is -2.28. The number of alkyl halides is 1. The Morgan fingerprint density at radius 3 is 2.50 bits per heavy atom. The van der Waals surface area contributed by atoms with E-state index < -0.39 is 5.79 Å². The number of allylic oxidation sites excluding steroid dienone is 2. The van der Waals surface area contributed by atoms with Crippen molar-refractivity contribution in [2.24, 2.45) is 5.73 Å². The number of hydrogen-bond donors (Lipinski definition) is 2. The molecular weight excluding hydrogens is 229 g/mol. The monoisotopic (exact) mass is 249 g/mol. The van der Waals surface area contributed by atoms with Crippen LogP contribution in [0.4, 0.5) is 4.39 Å². The van der Waals surface area contributed by atoms with Crippen molar-refractivity contribution in [3.05, 3.63) is 53.8 Å². The van der Waals surface area contributed by atoms with Gasteiger partial charge in [0.15, 0.2) is 5.79 Å². The number of benzene rings is 1. The molecule has 1 rings (SSSR count). The first-order valence-electron chi connectivity index (χ1n) is 5.85. The largest absolute Gasteiger partial charge is 0.513 e. The molecule has 0 aliphatic heterocycles. The average molecular weight is 249 g/mol. The molecule has 0 amide bonds. The van der Waals surface area contributed by atoms with Crippen LogP contribution in [-0.4, -0.2) is 5.11 Å². The van der Waals surface area contributed by atoms with Gasteiger partial charge < -0.3 is 5.11 Å². The third-order valence-electron chi connectivity index (χ3n) is 2.89. The Balaban J connectivity index is 2.98. The van der Waals surface area contributed by atoms with E-state index in [4.69, 9.17) is 10.8 Å². The Bertz CT molecular complexity index is 472. The fourth-order valence-electron chi connectivity index (χ4n) is 1.81. The Kier molecular flexibility index (Phi) is 4.30. The van der Waals surface area contributed by atoms with Crippen LogP contribution >= 0.6 is 0 Å². The van der Waals surface area contributed by atoms with Crippen LogP contribution in [0.3, 0.4) is 0 Å². The molecule has 2 nitrogen and oxygen atoms in total.